The molecule has 2 aromatic rings. The number of ether oxygens (including phenoxy) is 1. The van der Waals surface area contributed by atoms with Crippen molar-refractivity contribution in [2.75, 3.05) is 0 Å². The lowest BCUT2D eigenvalue weighted by Gasteiger charge is -2.07. The quantitative estimate of drug-likeness (QED) is 0.456. The number of rotatable bonds is 5. The van der Waals surface area contributed by atoms with Gasteiger partial charge in [-0.3, -0.25) is 20.2 Å². The van der Waals surface area contributed by atoms with Crippen LogP contribution in [0.15, 0.2) is 42.5 Å². The van der Waals surface area contributed by atoms with E-state index in [-0.39, 0.29) is 11.4 Å². The lowest BCUT2D eigenvalue weighted by Crippen LogP contribution is -1.94. The van der Waals surface area contributed by atoms with Crippen molar-refractivity contribution in [3.8, 4) is 11.5 Å². The summed E-state index contributed by atoms with van der Waals surface area (Å²) in [5.41, 5.74) is 0.453. The van der Waals surface area contributed by atoms with Gasteiger partial charge in [0.1, 0.15) is 11.5 Å². The minimum atomic E-state index is -0.501. The molecule has 0 saturated carbocycles. The van der Waals surface area contributed by atoms with Gasteiger partial charge in [-0.2, -0.15) is 0 Å². The van der Waals surface area contributed by atoms with Gasteiger partial charge in [-0.05, 0) is 24.3 Å². The highest BCUT2D eigenvalue weighted by atomic mass is 79.9. The number of nitro groups is 2. The first-order valence-electron chi connectivity index (χ1n) is 5.77. The van der Waals surface area contributed by atoms with Gasteiger partial charge in [0.05, 0.1) is 9.85 Å². The van der Waals surface area contributed by atoms with E-state index in [0.717, 1.165) is 0 Å². The molecular weight excluding hydrogens is 344 g/mol. The van der Waals surface area contributed by atoms with Crippen LogP contribution in [0.25, 0.3) is 0 Å². The molecule has 0 bridgehead atoms. The molecule has 0 spiro atoms. The third kappa shape index (κ3) is 3.54. The summed E-state index contributed by atoms with van der Waals surface area (Å²) in [6.07, 6.45) is 0. The first-order valence-corrected chi connectivity index (χ1v) is 6.89. The summed E-state index contributed by atoms with van der Waals surface area (Å²) >= 11 is 3.19. The maximum Gasteiger partial charge on any atom is 0.273 e. The van der Waals surface area contributed by atoms with Crippen molar-refractivity contribution in [1.82, 2.24) is 0 Å². The second-order valence-electron chi connectivity index (χ2n) is 4.03. The van der Waals surface area contributed by atoms with Crippen molar-refractivity contribution in [1.29, 1.82) is 0 Å². The molecule has 0 atom stereocenters. The maximum atomic E-state index is 10.8. The fourth-order valence-corrected chi connectivity index (χ4v) is 2.13. The van der Waals surface area contributed by atoms with E-state index in [9.17, 15) is 20.2 Å². The second-order valence-corrected chi connectivity index (χ2v) is 4.60. The van der Waals surface area contributed by atoms with Crippen LogP contribution < -0.4 is 4.74 Å². The molecule has 21 heavy (non-hydrogen) atoms. The highest BCUT2D eigenvalue weighted by molar-refractivity contribution is 9.08. The van der Waals surface area contributed by atoms with E-state index in [1.807, 2.05) is 0 Å². The van der Waals surface area contributed by atoms with E-state index in [1.165, 1.54) is 36.4 Å². The van der Waals surface area contributed by atoms with Gasteiger partial charge in [0.15, 0.2) is 0 Å². The lowest BCUT2D eigenvalue weighted by atomic mass is 10.2. The maximum absolute atomic E-state index is 10.8. The highest BCUT2D eigenvalue weighted by Gasteiger charge is 2.14. The third-order valence-corrected chi connectivity index (χ3v) is 3.28. The van der Waals surface area contributed by atoms with Crippen LogP contribution >= 0.6 is 15.9 Å². The van der Waals surface area contributed by atoms with E-state index >= 15 is 0 Å². The molecule has 7 nitrogen and oxygen atoms in total. The number of hydrogen-bond donors (Lipinski definition) is 0. The standard InChI is InChI=1S/C13H9BrN2O5/c14-8-9-7-12(5-6-13(9)16(19)20)21-11-3-1-10(2-4-11)15(17)18/h1-7H,8H2. The van der Waals surface area contributed by atoms with Gasteiger partial charge in [0.25, 0.3) is 11.4 Å². The van der Waals surface area contributed by atoms with E-state index < -0.39 is 9.85 Å². The fraction of sp³-hybridized carbons (Fsp3) is 0.0769. The van der Waals surface area contributed by atoms with Gasteiger partial charge in [-0.25, -0.2) is 0 Å². The van der Waals surface area contributed by atoms with Crippen molar-refractivity contribution < 1.29 is 14.6 Å². The summed E-state index contributed by atoms with van der Waals surface area (Å²) in [4.78, 5) is 20.4. The van der Waals surface area contributed by atoms with Crippen LogP contribution in [0.2, 0.25) is 0 Å². The zero-order chi connectivity index (χ0) is 15.4. The molecule has 0 aromatic heterocycles. The zero-order valence-corrected chi connectivity index (χ0v) is 12.1. The average Bonchev–Trinajstić information content (AvgIpc) is 2.47. The van der Waals surface area contributed by atoms with Gasteiger partial charge in [0.2, 0.25) is 0 Å². The molecule has 0 saturated heterocycles. The van der Waals surface area contributed by atoms with Crippen molar-refractivity contribution in [2.45, 2.75) is 5.33 Å². The molecule has 108 valence electrons. The Balaban J connectivity index is 2.23. The molecule has 0 aliphatic rings. The minimum Gasteiger partial charge on any atom is -0.457 e. The Morgan fingerprint density at radius 2 is 1.57 bits per heavy atom. The van der Waals surface area contributed by atoms with Crippen molar-refractivity contribution in [3.05, 3.63) is 68.3 Å². The first kappa shape index (κ1) is 14.9. The number of hydrogen-bond acceptors (Lipinski definition) is 5. The summed E-state index contributed by atoms with van der Waals surface area (Å²) in [5.74, 6) is 0.832. The third-order valence-electron chi connectivity index (χ3n) is 2.67. The van der Waals surface area contributed by atoms with Gasteiger partial charge >= 0.3 is 0 Å². The summed E-state index contributed by atoms with van der Waals surface area (Å²) in [6, 6.07) is 9.97. The Bertz CT molecular complexity index is 687. The van der Waals surface area contributed by atoms with E-state index in [0.29, 0.717) is 22.4 Å². The monoisotopic (exact) mass is 352 g/mol. The molecule has 2 aromatic carbocycles. The highest BCUT2D eigenvalue weighted by Crippen LogP contribution is 2.29. The molecular formula is C13H9BrN2O5. The van der Waals surface area contributed by atoms with Crippen LogP contribution in [0, 0.1) is 20.2 Å². The van der Waals surface area contributed by atoms with Crippen LogP contribution in [0.3, 0.4) is 0 Å². The average molecular weight is 353 g/mol. The molecule has 0 heterocycles. The van der Waals surface area contributed by atoms with E-state index in [1.54, 1.807) is 6.07 Å². The van der Waals surface area contributed by atoms with Crippen LogP contribution in [-0.4, -0.2) is 9.85 Å². The van der Waals surface area contributed by atoms with Gasteiger partial charge in [-0.1, -0.05) is 15.9 Å². The number of halogens is 1. The predicted octanol–water partition coefficient (Wildman–Crippen LogP) is 4.19. The van der Waals surface area contributed by atoms with Crippen molar-refractivity contribution >= 4 is 27.3 Å². The fourth-order valence-electron chi connectivity index (χ4n) is 1.68. The summed E-state index contributed by atoms with van der Waals surface area (Å²) in [6.45, 7) is 0. The van der Waals surface area contributed by atoms with Crippen LogP contribution in [0.5, 0.6) is 11.5 Å². The molecule has 0 aliphatic heterocycles. The van der Waals surface area contributed by atoms with Gasteiger partial charge in [-0.15, -0.1) is 0 Å². The number of non-ortho nitro benzene ring substituents is 1. The SMILES string of the molecule is O=[N+]([O-])c1ccc(Oc2ccc([N+](=O)[O-])c(CBr)c2)cc1. The molecule has 0 N–H and O–H groups in total. The van der Waals surface area contributed by atoms with Gasteiger partial charge in [0, 0.05) is 29.1 Å². The smallest absolute Gasteiger partial charge is 0.273 e. The summed E-state index contributed by atoms with van der Waals surface area (Å²) in [7, 11) is 0. The van der Waals surface area contributed by atoms with Crippen LogP contribution in [0.1, 0.15) is 5.56 Å². The van der Waals surface area contributed by atoms with Gasteiger partial charge < -0.3 is 4.74 Å². The molecule has 2 rings (SSSR count). The summed E-state index contributed by atoms with van der Waals surface area (Å²) in [5, 5.41) is 21.7. The van der Waals surface area contributed by atoms with E-state index in [2.05, 4.69) is 15.9 Å². The molecule has 0 radical (unpaired) electrons. The Kier molecular flexibility index (Phi) is 4.49. The largest absolute Gasteiger partial charge is 0.457 e. The first-order chi connectivity index (χ1) is 10.0. The molecule has 0 amide bonds. The number of nitro benzene ring substituents is 2. The number of alkyl halides is 1. The lowest BCUT2D eigenvalue weighted by molar-refractivity contribution is -0.385. The van der Waals surface area contributed by atoms with E-state index in [4.69, 9.17) is 4.74 Å². The molecule has 8 heteroatoms. The van der Waals surface area contributed by atoms with Crippen molar-refractivity contribution in [3.63, 3.8) is 0 Å². The normalized spacial score (nSPS) is 10.1. The minimum absolute atomic E-state index is 0.00271. The Morgan fingerprint density at radius 3 is 2.10 bits per heavy atom. The predicted molar refractivity (Wildman–Crippen MR) is 78.9 cm³/mol. The Morgan fingerprint density at radius 1 is 0.952 bits per heavy atom. The Labute approximate surface area is 127 Å². The number of nitrogens with zero attached hydrogens (tertiary/aromatic N) is 2. The molecule has 0 unspecified atom stereocenters. The Hall–Kier alpha value is -2.48. The molecule has 0 fully saturated rings. The van der Waals surface area contributed by atoms with Crippen molar-refractivity contribution in [2.24, 2.45) is 0 Å². The van der Waals surface area contributed by atoms with Crippen LogP contribution in [0.4, 0.5) is 11.4 Å². The molecule has 0 aliphatic carbocycles. The second kappa shape index (κ2) is 6.31. The topological polar surface area (TPSA) is 95.5 Å². The zero-order valence-electron chi connectivity index (χ0n) is 10.6. The number of benzene rings is 2. The van der Waals surface area contributed by atoms with Crippen LogP contribution in [-0.2, 0) is 5.33 Å². The summed E-state index contributed by atoms with van der Waals surface area (Å²) < 4.78 is 5.52.